The largest absolute Gasteiger partial charge is 0.296 e. The summed E-state index contributed by atoms with van der Waals surface area (Å²) in [6, 6.07) is 7.95. The lowest BCUT2D eigenvalue weighted by Crippen LogP contribution is -2.11. The fourth-order valence-corrected chi connectivity index (χ4v) is 6.22. The number of anilines is 1. The van der Waals surface area contributed by atoms with Crippen LogP contribution in [0.5, 0.6) is 0 Å². The Morgan fingerprint density at radius 1 is 1.09 bits per heavy atom. The highest BCUT2D eigenvalue weighted by molar-refractivity contribution is 8.16. The van der Waals surface area contributed by atoms with Crippen LogP contribution in [-0.2, 0) is 0 Å². The number of hydrogen-bond acceptors (Lipinski definition) is 6. The van der Waals surface area contributed by atoms with Crippen molar-refractivity contribution in [1.82, 2.24) is 10.2 Å². The average Bonchev–Trinajstić information content (AvgIpc) is 3.36. The van der Waals surface area contributed by atoms with Crippen molar-refractivity contribution in [3.05, 3.63) is 40.4 Å². The number of benzene rings is 1. The first-order valence-corrected chi connectivity index (χ1v) is 10.7. The molecule has 1 aliphatic heterocycles. The third-order valence-electron chi connectivity index (χ3n) is 3.86. The van der Waals surface area contributed by atoms with Crippen molar-refractivity contribution in [3.63, 3.8) is 0 Å². The van der Waals surface area contributed by atoms with Crippen LogP contribution in [0.2, 0.25) is 0 Å². The molecule has 2 aromatic rings. The fourth-order valence-electron chi connectivity index (χ4n) is 2.42. The van der Waals surface area contributed by atoms with E-state index in [9.17, 15) is 4.79 Å². The molecule has 0 unspecified atom stereocenters. The minimum absolute atomic E-state index is 0.112. The van der Waals surface area contributed by atoms with Gasteiger partial charge < -0.3 is 0 Å². The predicted molar refractivity (Wildman–Crippen MR) is 98.6 cm³/mol. The molecule has 0 bridgehead atoms. The van der Waals surface area contributed by atoms with Crippen molar-refractivity contribution < 1.29 is 4.79 Å². The molecule has 1 saturated heterocycles. The zero-order valence-corrected chi connectivity index (χ0v) is 15.0. The zero-order chi connectivity index (χ0) is 15.6. The Morgan fingerprint density at radius 3 is 2.52 bits per heavy atom. The van der Waals surface area contributed by atoms with Crippen molar-refractivity contribution in [2.75, 3.05) is 16.8 Å². The van der Waals surface area contributed by atoms with Gasteiger partial charge >= 0.3 is 0 Å². The Balaban J connectivity index is 1.41. The second-order valence-corrected chi connectivity index (χ2v) is 9.46. The molecule has 4 rings (SSSR count). The monoisotopic (exact) mass is 363 g/mol. The minimum Gasteiger partial charge on any atom is -0.296 e. The van der Waals surface area contributed by atoms with Crippen LogP contribution in [0, 0.1) is 0 Å². The van der Waals surface area contributed by atoms with Gasteiger partial charge in [-0.15, -0.1) is 33.7 Å². The number of amides is 1. The Bertz CT molecular complexity index is 691. The summed E-state index contributed by atoms with van der Waals surface area (Å²) in [6.07, 6.45) is 3.68. The van der Waals surface area contributed by atoms with E-state index in [1.807, 2.05) is 35.7 Å². The topological polar surface area (TPSA) is 54.9 Å². The minimum atomic E-state index is -0.112. The van der Waals surface area contributed by atoms with Gasteiger partial charge in [-0.05, 0) is 48.5 Å². The molecule has 23 heavy (non-hydrogen) atoms. The van der Waals surface area contributed by atoms with Crippen LogP contribution in [0.4, 0.5) is 5.13 Å². The molecule has 2 fully saturated rings. The van der Waals surface area contributed by atoms with Gasteiger partial charge in [0.25, 0.3) is 5.91 Å². The van der Waals surface area contributed by atoms with E-state index in [1.54, 1.807) is 0 Å². The van der Waals surface area contributed by atoms with E-state index in [-0.39, 0.29) is 5.91 Å². The normalized spacial score (nSPS) is 18.8. The molecule has 1 aromatic heterocycles. The van der Waals surface area contributed by atoms with Crippen molar-refractivity contribution >= 4 is 45.9 Å². The van der Waals surface area contributed by atoms with Gasteiger partial charge in [0.05, 0.1) is 4.58 Å². The summed E-state index contributed by atoms with van der Waals surface area (Å²) in [5.41, 5.74) is 1.96. The number of nitrogens with zero attached hydrogens (tertiary/aromatic N) is 2. The summed E-state index contributed by atoms with van der Waals surface area (Å²) >= 11 is 5.47. The first-order valence-electron chi connectivity index (χ1n) is 7.77. The van der Waals surface area contributed by atoms with Gasteiger partial charge in [0.15, 0.2) is 0 Å². The van der Waals surface area contributed by atoms with Crippen LogP contribution in [0.3, 0.4) is 0 Å². The SMILES string of the molecule is O=C(Nc1nnc(C2CC2)s1)c1ccc(C2SCCCS2)cc1. The van der Waals surface area contributed by atoms with Gasteiger partial charge in [0, 0.05) is 11.5 Å². The van der Waals surface area contributed by atoms with Crippen molar-refractivity contribution in [2.45, 2.75) is 29.8 Å². The summed E-state index contributed by atoms with van der Waals surface area (Å²) < 4.78 is 0.505. The molecule has 0 spiro atoms. The van der Waals surface area contributed by atoms with E-state index in [1.165, 1.54) is 47.7 Å². The molecule has 1 aromatic carbocycles. The van der Waals surface area contributed by atoms with Crippen LogP contribution < -0.4 is 5.32 Å². The van der Waals surface area contributed by atoms with Crippen LogP contribution in [0.1, 0.15) is 50.7 Å². The van der Waals surface area contributed by atoms with E-state index in [2.05, 4.69) is 27.6 Å². The molecule has 4 nitrogen and oxygen atoms in total. The Labute approximate surface area is 147 Å². The van der Waals surface area contributed by atoms with E-state index < -0.39 is 0 Å². The smallest absolute Gasteiger partial charge is 0.257 e. The highest BCUT2D eigenvalue weighted by Crippen LogP contribution is 2.44. The summed E-state index contributed by atoms with van der Waals surface area (Å²) in [6.45, 7) is 0. The van der Waals surface area contributed by atoms with Crippen molar-refractivity contribution in [1.29, 1.82) is 0 Å². The molecule has 0 atom stereocenters. The maximum absolute atomic E-state index is 12.3. The van der Waals surface area contributed by atoms with E-state index >= 15 is 0 Å². The maximum Gasteiger partial charge on any atom is 0.257 e. The molecule has 1 amide bonds. The highest BCUT2D eigenvalue weighted by atomic mass is 32.2. The Morgan fingerprint density at radius 2 is 1.83 bits per heavy atom. The van der Waals surface area contributed by atoms with Crippen LogP contribution in [0.25, 0.3) is 0 Å². The molecular weight excluding hydrogens is 346 g/mol. The Kier molecular flexibility index (Phi) is 4.59. The first-order chi connectivity index (χ1) is 11.3. The summed E-state index contributed by atoms with van der Waals surface area (Å²) in [5, 5.41) is 12.7. The lowest BCUT2D eigenvalue weighted by Gasteiger charge is -2.21. The van der Waals surface area contributed by atoms with Crippen LogP contribution >= 0.6 is 34.9 Å². The number of thioether (sulfide) groups is 2. The van der Waals surface area contributed by atoms with Crippen molar-refractivity contribution in [2.24, 2.45) is 0 Å². The van der Waals surface area contributed by atoms with E-state index in [0.29, 0.717) is 21.2 Å². The molecule has 120 valence electrons. The summed E-state index contributed by atoms with van der Waals surface area (Å²) in [7, 11) is 0. The maximum atomic E-state index is 12.3. The number of carbonyl (C=O) groups is 1. The lowest BCUT2D eigenvalue weighted by atomic mass is 10.1. The molecule has 1 N–H and O–H groups in total. The van der Waals surface area contributed by atoms with Gasteiger partial charge in [0.2, 0.25) is 5.13 Å². The number of nitrogens with one attached hydrogen (secondary N) is 1. The van der Waals surface area contributed by atoms with Crippen molar-refractivity contribution in [3.8, 4) is 0 Å². The molecule has 2 aliphatic rings. The summed E-state index contributed by atoms with van der Waals surface area (Å²) in [4.78, 5) is 12.3. The first kappa shape index (κ1) is 15.5. The van der Waals surface area contributed by atoms with Gasteiger partial charge in [0.1, 0.15) is 5.01 Å². The van der Waals surface area contributed by atoms with E-state index in [4.69, 9.17) is 0 Å². The van der Waals surface area contributed by atoms with Gasteiger partial charge in [-0.25, -0.2) is 0 Å². The third kappa shape index (κ3) is 3.72. The molecular formula is C16H17N3OS3. The number of carbonyl (C=O) groups excluding carboxylic acids is 1. The summed E-state index contributed by atoms with van der Waals surface area (Å²) in [5.74, 6) is 2.91. The highest BCUT2D eigenvalue weighted by Gasteiger charge is 2.27. The average molecular weight is 364 g/mol. The second kappa shape index (κ2) is 6.83. The standard InChI is InChI=1S/C16H17N3OS3/c20-13(17-16-19-18-14(23-16)11-4-5-11)10-2-6-12(7-3-10)15-21-8-1-9-22-15/h2-3,6-7,11,15H,1,4-5,8-9H2,(H,17,19,20). The molecule has 2 heterocycles. The fraction of sp³-hybridized carbons (Fsp3) is 0.438. The quantitative estimate of drug-likeness (QED) is 0.864. The molecule has 1 saturated carbocycles. The number of rotatable bonds is 4. The van der Waals surface area contributed by atoms with Gasteiger partial charge in [-0.2, -0.15) is 0 Å². The van der Waals surface area contributed by atoms with E-state index in [0.717, 1.165) is 5.01 Å². The lowest BCUT2D eigenvalue weighted by molar-refractivity contribution is 0.102. The molecule has 0 radical (unpaired) electrons. The van der Waals surface area contributed by atoms with Crippen LogP contribution in [0.15, 0.2) is 24.3 Å². The third-order valence-corrected chi connectivity index (χ3v) is 7.88. The Hall–Kier alpha value is -1.05. The predicted octanol–water partition coefficient (Wildman–Crippen LogP) is 4.54. The van der Waals surface area contributed by atoms with Gasteiger partial charge in [-0.1, -0.05) is 23.5 Å². The number of aromatic nitrogens is 2. The molecule has 7 heteroatoms. The molecule has 1 aliphatic carbocycles. The number of hydrogen-bond donors (Lipinski definition) is 1. The van der Waals surface area contributed by atoms with Gasteiger partial charge in [-0.3, -0.25) is 10.1 Å². The van der Waals surface area contributed by atoms with Crippen LogP contribution in [-0.4, -0.2) is 27.6 Å². The second-order valence-electron chi connectivity index (χ2n) is 5.72. The zero-order valence-electron chi connectivity index (χ0n) is 12.5.